The molecule has 0 amide bonds. The maximum Gasteiger partial charge on any atom is 0.133 e. The van der Waals surface area contributed by atoms with E-state index in [2.05, 4.69) is 20.0 Å². The lowest BCUT2D eigenvalue weighted by Crippen LogP contribution is -1.95. The van der Waals surface area contributed by atoms with Crippen molar-refractivity contribution < 1.29 is 10.2 Å². The molecule has 0 spiro atoms. The third kappa shape index (κ3) is 9.06. The van der Waals surface area contributed by atoms with Gasteiger partial charge in [-0.05, 0) is 74.9 Å². The fraction of sp³-hybridized carbons (Fsp3) is 0.467. The second-order valence-corrected chi connectivity index (χ2v) is 9.55. The van der Waals surface area contributed by atoms with Crippen molar-refractivity contribution in [2.45, 2.75) is 65.2 Å². The lowest BCUT2D eigenvalue weighted by molar-refractivity contribution is 0.473. The Kier molecular flexibility index (Phi) is 11.4. The van der Waals surface area contributed by atoms with E-state index in [1.807, 2.05) is 38.1 Å². The standard InChI is InChI=1S/C30H40N4O2/c1-23-15-25-19-31-11-7-3-5-9-13-33-21-27-17-24(2)18-28(30(27)36)22-34-14-10-6-4-8-12-32-20-26(16-23)29(25)35/h15-22,35-36H,3-14H2,1-2H3. The highest BCUT2D eigenvalue weighted by atomic mass is 16.3. The summed E-state index contributed by atoms with van der Waals surface area (Å²) in [4.78, 5) is 18.1. The molecule has 1 aliphatic rings. The molecule has 1 heterocycles. The Bertz CT molecular complexity index is 937. The first-order valence-electron chi connectivity index (χ1n) is 13.2. The van der Waals surface area contributed by atoms with Gasteiger partial charge in [-0.2, -0.15) is 0 Å². The van der Waals surface area contributed by atoms with Crippen molar-refractivity contribution in [3.8, 4) is 11.5 Å². The summed E-state index contributed by atoms with van der Waals surface area (Å²) in [6.07, 6.45) is 15.5. The van der Waals surface area contributed by atoms with Gasteiger partial charge in [0.1, 0.15) is 11.5 Å². The van der Waals surface area contributed by atoms with E-state index < -0.39 is 0 Å². The summed E-state index contributed by atoms with van der Waals surface area (Å²) in [6.45, 7) is 7.00. The van der Waals surface area contributed by atoms with Crippen LogP contribution in [-0.4, -0.2) is 61.3 Å². The average Bonchev–Trinajstić information content (AvgIpc) is 2.85. The first-order valence-corrected chi connectivity index (χ1v) is 13.2. The van der Waals surface area contributed by atoms with Crippen LogP contribution in [0.15, 0.2) is 44.2 Å². The minimum atomic E-state index is 0.247. The van der Waals surface area contributed by atoms with Crippen LogP contribution in [0.5, 0.6) is 11.5 Å². The van der Waals surface area contributed by atoms with Gasteiger partial charge < -0.3 is 10.2 Å². The third-order valence-corrected chi connectivity index (χ3v) is 6.20. The highest BCUT2D eigenvalue weighted by Gasteiger charge is 2.07. The van der Waals surface area contributed by atoms with Crippen LogP contribution in [0, 0.1) is 13.8 Å². The minimum absolute atomic E-state index is 0.247. The molecule has 0 saturated carbocycles. The molecule has 1 aliphatic heterocycles. The number of aryl methyl sites for hydroxylation is 2. The van der Waals surface area contributed by atoms with Crippen molar-refractivity contribution in [2.24, 2.45) is 20.0 Å². The van der Waals surface area contributed by atoms with E-state index in [0.29, 0.717) is 0 Å². The van der Waals surface area contributed by atoms with Crippen molar-refractivity contribution in [1.29, 1.82) is 0 Å². The van der Waals surface area contributed by atoms with Gasteiger partial charge in [-0.1, -0.05) is 25.7 Å². The Morgan fingerprint density at radius 3 is 0.944 bits per heavy atom. The van der Waals surface area contributed by atoms with Crippen LogP contribution < -0.4 is 0 Å². The number of phenols is 2. The molecule has 192 valence electrons. The van der Waals surface area contributed by atoms with Gasteiger partial charge >= 0.3 is 0 Å². The van der Waals surface area contributed by atoms with Gasteiger partial charge in [0.25, 0.3) is 0 Å². The molecule has 0 aromatic heterocycles. The Balaban J connectivity index is 1.65. The normalized spacial score (nSPS) is 16.7. The summed E-state index contributed by atoms with van der Waals surface area (Å²) in [5, 5.41) is 21.3. The molecule has 0 aliphatic carbocycles. The lowest BCUT2D eigenvalue weighted by atomic mass is 10.1. The van der Waals surface area contributed by atoms with Gasteiger partial charge in [-0.15, -0.1) is 0 Å². The molecule has 36 heavy (non-hydrogen) atoms. The van der Waals surface area contributed by atoms with E-state index >= 15 is 0 Å². The predicted octanol–water partition coefficient (Wildman–Crippen LogP) is 6.22. The zero-order valence-corrected chi connectivity index (χ0v) is 21.8. The molecule has 0 radical (unpaired) electrons. The van der Waals surface area contributed by atoms with Crippen molar-refractivity contribution in [2.75, 3.05) is 26.2 Å². The SMILES string of the molecule is Cc1cc2c(O)c(c1)C=NCCCCCCN=Cc1cc(C)cc(c1O)C=NCCCCCCN=C2. The highest BCUT2D eigenvalue weighted by Crippen LogP contribution is 2.23. The van der Waals surface area contributed by atoms with Crippen molar-refractivity contribution in [3.05, 3.63) is 57.6 Å². The second-order valence-electron chi connectivity index (χ2n) is 9.55. The first-order chi connectivity index (χ1) is 17.5. The number of aromatic hydroxyl groups is 2. The summed E-state index contributed by atoms with van der Waals surface area (Å²) in [5.41, 5.74) is 5.15. The number of rotatable bonds is 0. The van der Waals surface area contributed by atoms with Crippen LogP contribution in [0.1, 0.15) is 84.7 Å². The monoisotopic (exact) mass is 488 g/mol. The quantitative estimate of drug-likeness (QED) is 0.461. The van der Waals surface area contributed by atoms with Gasteiger partial charge in [0.2, 0.25) is 0 Å². The van der Waals surface area contributed by atoms with Gasteiger partial charge in [0.05, 0.1) is 0 Å². The number of nitrogens with zero attached hydrogens (tertiary/aromatic N) is 4. The molecule has 2 aromatic rings. The summed E-state index contributed by atoms with van der Waals surface area (Å²) in [7, 11) is 0. The van der Waals surface area contributed by atoms with Gasteiger partial charge in [0.15, 0.2) is 0 Å². The molecule has 2 N–H and O–H groups in total. The van der Waals surface area contributed by atoms with Crippen LogP contribution >= 0.6 is 0 Å². The van der Waals surface area contributed by atoms with Crippen LogP contribution in [-0.2, 0) is 0 Å². The minimum Gasteiger partial charge on any atom is -0.507 e. The largest absolute Gasteiger partial charge is 0.507 e. The molecule has 2 aromatic carbocycles. The molecule has 0 atom stereocenters. The second kappa shape index (κ2) is 15.0. The number of phenolic OH excluding ortho intramolecular Hbond substituents is 2. The van der Waals surface area contributed by atoms with Gasteiger partial charge in [0, 0.05) is 73.3 Å². The van der Waals surface area contributed by atoms with E-state index in [0.717, 1.165) is 111 Å². The smallest absolute Gasteiger partial charge is 0.133 e. The Hall–Kier alpha value is -3.28. The average molecular weight is 489 g/mol. The molecule has 3 rings (SSSR count). The van der Waals surface area contributed by atoms with E-state index in [1.165, 1.54) is 0 Å². The van der Waals surface area contributed by atoms with E-state index in [9.17, 15) is 10.2 Å². The van der Waals surface area contributed by atoms with Crippen molar-refractivity contribution in [1.82, 2.24) is 0 Å². The predicted molar refractivity (Wildman–Crippen MR) is 152 cm³/mol. The van der Waals surface area contributed by atoms with Crippen LogP contribution in [0.4, 0.5) is 0 Å². The number of fused-ring (bicyclic) bond motifs is 4. The molecule has 4 bridgehead atoms. The molecular weight excluding hydrogens is 448 g/mol. The highest BCUT2D eigenvalue weighted by molar-refractivity contribution is 5.93. The zero-order chi connectivity index (χ0) is 25.6. The number of hydrogen-bond acceptors (Lipinski definition) is 6. The van der Waals surface area contributed by atoms with Crippen LogP contribution in [0.2, 0.25) is 0 Å². The fourth-order valence-corrected chi connectivity index (χ4v) is 4.24. The topological polar surface area (TPSA) is 89.9 Å². The maximum absolute atomic E-state index is 10.6. The van der Waals surface area contributed by atoms with Crippen LogP contribution in [0.3, 0.4) is 0 Å². The number of hydrogen-bond donors (Lipinski definition) is 2. The molecule has 6 nitrogen and oxygen atoms in total. The fourth-order valence-electron chi connectivity index (χ4n) is 4.24. The Morgan fingerprint density at radius 1 is 0.444 bits per heavy atom. The first kappa shape index (κ1) is 27.3. The molecule has 0 fully saturated rings. The maximum atomic E-state index is 10.6. The van der Waals surface area contributed by atoms with Gasteiger partial charge in [-0.25, -0.2) is 0 Å². The van der Waals surface area contributed by atoms with Crippen LogP contribution in [0.25, 0.3) is 0 Å². The van der Waals surface area contributed by atoms with E-state index in [4.69, 9.17) is 0 Å². The van der Waals surface area contributed by atoms with Gasteiger partial charge in [-0.3, -0.25) is 20.0 Å². The summed E-state index contributed by atoms with van der Waals surface area (Å²) in [6, 6.07) is 7.84. The zero-order valence-electron chi connectivity index (χ0n) is 21.8. The molecule has 6 heteroatoms. The summed E-state index contributed by atoms with van der Waals surface area (Å²) < 4.78 is 0. The lowest BCUT2D eigenvalue weighted by Gasteiger charge is -2.06. The van der Waals surface area contributed by atoms with Crippen molar-refractivity contribution in [3.63, 3.8) is 0 Å². The molecule has 0 saturated heterocycles. The molecular formula is C30H40N4O2. The Morgan fingerprint density at radius 2 is 0.694 bits per heavy atom. The third-order valence-electron chi connectivity index (χ3n) is 6.20. The number of benzene rings is 2. The van der Waals surface area contributed by atoms with E-state index in [-0.39, 0.29) is 11.5 Å². The summed E-state index contributed by atoms with van der Waals surface area (Å²) >= 11 is 0. The van der Waals surface area contributed by atoms with Crippen molar-refractivity contribution >= 4 is 24.9 Å². The molecule has 0 unspecified atom stereocenters. The Labute approximate surface area is 215 Å². The number of aliphatic imine (C=N–C) groups is 4. The summed E-state index contributed by atoms with van der Waals surface area (Å²) in [5.74, 6) is 0.493. The van der Waals surface area contributed by atoms with E-state index in [1.54, 1.807) is 24.9 Å².